The van der Waals surface area contributed by atoms with E-state index in [1.165, 1.54) is 0 Å². The van der Waals surface area contributed by atoms with Crippen LogP contribution in [0.15, 0.2) is 24.3 Å². The zero-order valence-corrected chi connectivity index (χ0v) is 9.21. The number of nitrogens with zero attached hydrogens (tertiary/aromatic N) is 1. The van der Waals surface area contributed by atoms with Gasteiger partial charge in [-0.05, 0) is 31.8 Å². The highest BCUT2D eigenvalue weighted by molar-refractivity contribution is 5.92. The summed E-state index contributed by atoms with van der Waals surface area (Å²) in [6, 6.07) is 6.81. The Morgan fingerprint density at radius 3 is 2.31 bits per heavy atom. The first-order valence-corrected chi connectivity index (χ1v) is 4.81. The molecule has 0 saturated carbocycles. The summed E-state index contributed by atoms with van der Waals surface area (Å²) in [4.78, 5) is 12.7. The van der Waals surface area contributed by atoms with Crippen molar-refractivity contribution in [3.05, 3.63) is 29.8 Å². The second kappa shape index (κ2) is 5.55. The van der Waals surface area contributed by atoms with Gasteiger partial charge in [0.2, 0.25) is 0 Å². The van der Waals surface area contributed by atoms with Gasteiger partial charge in [-0.25, -0.2) is 0 Å². The van der Waals surface area contributed by atoms with E-state index < -0.39 is 12.3 Å². The minimum absolute atomic E-state index is 0.382. The number of anilines is 1. The van der Waals surface area contributed by atoms with Crippen molar-refractivity contribution in [3.8, 4) is 0 Å². The minimum Gasteiger partial charge on any atom is -0.321 e. The fourth-order valence-corrected chi connectivity index (χ4v) is 1.26. The Kier molecular flexibility index (Phi) is 4.37. The van der Waals surface area contributed by atoms with E-state index in [0.717, 1.165) is 12.1 Å². The summed E-state index contributed by atoms with van der Waals surface area (Å²) in [5.41, 5.74) is 1.44. The molecule has 0 aromatic heterocycles. The van der Waals surface area contributed by atoms with Crippen LogP contribution in [0.3, 0.4) is 0 Å². The molecular formula is C11H14F2N2O. The SMILES string of the molecule is CN(C)Cc1ccc(NC(=O)C(F)F)cc1. The molecule has 16 heavy (non-hydrogen) atoms. The van der Waals surface area contributed by atoms with Gasteiger partial charge in [-0.2, -0.15) is 8.78 Å². The molecule has 1 aromatic rings. The molecule has 88 valence electrons. The van der Waals surface area contributed by atoms with Gasteiger partial charge < -0.3 is 10.2 Å². The van der Waals surface area contributed by atoms with Gasteiger partial charge >= 0.3 is 6.43 Å². The van der Waals surface area contributed by atoms with Gasteiger partial charge in [0.05, 0.1) is 0 Å². The normalized spacial score (nSPS) is 10.9. The van der Waals surface area contributed by atoms with E-state index in [2.05, 4.69) is 5.32 Å². The van der Waals surface area contributed by atoms with Gasteiger partial charge in [-0.15, -0.1) is 0 Å². The average molecular weight is 228 g/mol. The topological polar surface area (TPSA) is 32.3 Å². The van der Waals surface area contributed by atoms with Gasteiger partial charge in [-0.1, -0.05) is 12.1 Å². The molecule has 0 spiro atoms. The number of benzene rings is 1. The number of carbonyl (C=O) groups excluding carboxylic acids is 1. The van der Waals surface area contributed by atoms with Crippen LogP contribution in [0.25, 0.3) is 0 Å². The lowest BCUT2D eigenvalue weighted by atomic mass is 10.2. The number of hydrogen-bond donors (Lipinski definition) is 1. The molecule has 0 aliphatic heterocycles. The summed E-state index contributed by atoms with van der Waals surface area (Å²) in [6.45, 7) is 0.767. The maximum Gasteiger partial charge on any atom is 0.315 e. The van der Waals surface area contributed by atoms with E-state index in [9.17, 15) is 13.6 Å². The van der Waals surface area contributed by atoms with E-state index >= 15 is 0 Å². The standard InChI is InChI=1S/C11H14F2N2O/c1-15(2)7-8-3-5-9(6-4-8)14-11(16)10(12)13/h3-6,10H,7H2,1-2H3,(H,14,16). The van der Waals surface area contributed by atoms with Gasteiger partial charge in [0.1, 0.15) is 0 Å². The molecule has 1 rings (SSSR count). The molecule has 0 unspecified atom stereocenters. The summed E-state index contributed by atoms with van der Waals surface area (Å²) in [7, 11) is 3.87. The summed E-state index contributed by atoms with van der Waals surface area (Å²) in [6.07, 6.45) is -2.98. The lowest BCUT2D eigenvalue weighted by molar-refractivity contribution is -0.126. The van der Waals surface area contributed by atoms with Crippen LogP contribution in [-0.2, 0) is 11.3 Å². The van der Waals surface area contributed by atoms with Gasteiger partial charge in [0.25, 0.3) is 5.91 Å². The van der Waals surface area contributed by atoms with Crippen molar-refractivity contribution in [2.45, 2.75) is 13.0 Å². The van der Waals surface area contributed by atoms with Gasteiger partial charge in [0.15, 0.2) is 0 Å². The average Bonchev–Trinajstić information content (AvgIpc) is 2.20. The predicted molar refractivity (Wildman–Crippen MR) is 58.5 cm³/mol. The lowest BCUT2D eigenvalue weighted by Gasteiger charge is -2.10. The van der Waals surface area contributed by atoms with Crippen LogP contribution in [0.5, 0.6) is 0 Å². The van der Waals surface area contributed by atoms with E-state index in [0.29, 0.717) is 5.69 Å². The third-order valence-corrected chi connectivity index (χ3v) is 1.92. The zero-order valence-electron chi connectivity index (χ0n) is 9.21. The fraction of sp³-hybridized carbons (Fsp3) is 0.364. The minimum atomic E-state index is -2.98. The molecule has 0 aliphatic carbocycles. The molecular weight excluding hydrogens is 214 g/mol. The van der Waals surface area contributed by atoms with Crippen molar-refractivity contribution >= 4 is 11.6 Å². The second-order valence-electron chi connectivity index (χ2n) is 3.72. The fourth-order valence-electron chi connectivity index (χ4n) is 1.26. The molecule has 0 atom stereocenters. The molecule has 1 aromatic carbocycles. The number of hydrogen-bond acceptors (Lipinski definition) is 2. The quantitative estimate of drug-likeness (QED) is 0.854. The van der Waals surface area contributed by atoms with Crippen LogP contribution >= 0.6 is 0 Å². The second-order valence-corrected chi connectivity index (χ2v) is 3.72. The van der Waals surface area contributed by atoms with Crippen LogP contribution in [0.4, 0.5) is 14.5 Å². The Hall–Kier alpha value is -1.49. The van der Waals surface area contributed by atoms with E-state index in [1.54, 1.807) is 24.3 Å². The predicted octanol–water partition coefficient (Wildman–Crippen LogP) is 1.95. The van der Waals surface area contributed by atoms with Crippen LogP contribution in [0.2, 0.25) is 0 Å². The molecule has 0 saturated heterocycles. The molecule has 0 bridgehead atoms. The van der Waals surface area contributed by atoms with Crippen molar-refractivity contribution in [2.75, 3.05) is 19.4 Å². The highest BCUT2D eigenvalue weighted by Gasteiger charge is 2.14. The third kappa shape index (κ3) is 3.94. The molecule has 5 heteroatoms. The van der Waals surface area contributed by atoms with Crippen molar-refractivity contribution in [2.24, 2.45) is 0 Å². The van der Waals surface area contributed by atoms with E-state index in [1.807, 2.05) is 19.0 Å². The molecule has 0 aliphatic rings. The zero-order chi connectivity index (χ0) is 12.1. The Balaban J connectivity index is 2.61. The van der Waals surface area contributed by atoms with Crippen LogP contribution < -0.4 is 5.32 Å². The Morgan fingerprint density at radius 2 is 1.88 bits per heavy atom. The third-order valence-electron chi connectivity index (χ3n) is 1.92. The summed E-state index contributed by atoms with van der Waals surface area (Å²) in [5, 5.41) is 2.12. The molecule has 1 amide bonds. The van der Waals surface area contributed by atoms with E-state index in [-0.39, 0.29) is 0 Å². The van der Waals surface area contributed by atoms with Crippen molar-refractivity contribution in [1.82, 2.24) is 4.90 Å². The smallest absolute Gasteiger partial charge is 0.315 e. The monoisotopic (exact) mass is 228 g/mol. The maximum atomic E-state index is 11.9. The molecule has 0 radical (unpaired) electrons. The first-order valence-electron chi connectivity index (χ1n) is 4.81. The molecule has 3 nitrogen and oxygen atoms in total. The Bertz CT molecular complexity index is 350. The highest BCUT2D eigenvalue weighted by atomic mass is 19.3. The number of alkyl halides is 2. The lowest BCUT2D eigenvalue weighted by Crippen LogP contribution is -2.20. The summed E-state index contributed by atoms with van der Waals surface area (Å²) < 4.78 is 23.9. The van der Waals surface area contributed by atoms with Crippen molar-refractivity contribution in [3.63, 3.8) is 0 Å². The van der Waals surface area contributed by atoms with Crippen LogP contribution in [-0.4, -0.2) is 31.3 Å². The highest BCUT2D eigenvalue weighted by Crippen LogP contribution is 2.11. The van der Waals surface area contributed by atoms with Gasteiger partial charge in [0, 0.05) is 12.2 Å². The first kappa shape index (κ1) is 12.6. The number of amides is 1. The molecule has 0 fully saturated rings. The number of carbonyl (C=O) groups is 1. The summed E-state index contributed by atoms with van der Waals surface area (Å²) in [5.74, 6) is -1.28. The number of halogens is 2. The van der Waals surface area contributed by atoms with Crippen LogP contribution in [0.1, 0.15) is 5.56 Å². The van der Waals surface area contributed by atoms with Gasteiger partial charge in [-0.3, -0.25) is 4.79 Å². The Labute approximate surface area is 93.1 Å². The largest absolute Gasteiger partial charge is 0.321 e. The van der Waals surface area contributed by atoms with Crippen LogP contribution in [0, 0.1) is 0 Å². The number of rotatable bonds is 4. The maximum absolute atomic E-state index is 11.9. The number of nitrogens with one attached hydrogen (secondary N) is 1. The van der Waals surface area contributed by atoms with Crippen molar-refractivity contribution in [1.29, 1.82) is 0 Å². The summed E-state index contributed by atoms with van der Waals surface area (Å²) >= 11 is 0. The van der Waals surface area contributed by atoms with Crippen molar-refractivity contribution < 1.29 is 13.6 Å². The molecule has 1 N–H and O–H groups in total. The molecule has 0 heterocycles. The first-order chi connectivity index (χ1) is 7.49. The van der Waals surface area contributed by atoms with E-state index in [4.69, 9.17) is 0 Å². The Morgan fingerprint density at radius 1 is 1.31 bits per heavy atom.